The van der Waals surface area contributed by atoms with Crippen LogP contribution in [0.15, 0.2) is 12.2 Å². The molecule has 0 aromatic carbocycles. The van der Waals surface area contributed by atoms with Gasteiger partial charge in [-0.3, -0.25) is 0 Å². The van der Waals surface area contributed by atoms with Crippen LogP contribution in [0.4, 0.5) is 0 Å². The molecular formula is C30H52O7. The van der Waals surface area contributed by atoms with E-state index in [4.69, 9.17) is 18.9 Å². The van der Waals surface area contributed by atoms with Crippen molar-refractivity contribution in [3.05, 3.63) is 12.2 Å². The molecule has 7 heteroatoms. The van der Waals surface area contributed by atoms with Crippen LogP contribution in [0.1, 0.15) is 122 Å². The zero-order valence-electron chi connectivity index (χ0n) is 23.1. The minimum absolute atomic E-state index is 0.187. The topological polar surface area (TPSA) is 94.5 Å². The zero-order valence-corrected chi connectivity index (χ0v) is 23.1. The van der Waals surface area contributed by atoms with E-state index in [1.165, 1.54) is 44.9 Å². The Kier molecular flexibility index (Phi) is 13.9. The number of carboxylic acids is 1. The lowest BCUT2D eigenvalue weighted by molar-refractivity contribution is -0.352. The van der Waals surface area contributed by atoms with Crippen LogP contribution < -0.4 is 0 Å². The van der Waals surface area contributed by atoms with Gasteiger partial charge in [0, 0.05) is 19.6 Å². The van der Waals surface area contributed by atoms with Crippen molar-refractivity contribution in [2.24, 2.45) is 11.8 Å². The van der Waals surface area contributed by atoms with Crippen molar-refractivity contribution >= 4 is 5.97 Å². The van der Waals surface area contributed by atoms with Crippen molar-refractivity contribution < 1.29 is 34.0 Å². The first-order valence-corrected chi connectivity index (χ1v) is 15.2. The predicted molar refractivity (Wildman–Crippen MR) is 143 cm³/mol. The van der Waals surface area contributed by atoms with Crippen molar-refractivity contribution in [2.75, 3.05) is 13.2 Å². The third-order valence-electron chi connectivity index (χ3n) is 8.32. The number of hydrogen-bond acceptors (Lipinski definition) is 6. The van der Waals surface area contributed by atoms with Gasteiger partial charge in [-0.1, -0.05) is 64.0 Å². The molecule has 1 saturated carbocycles. The van der Waals surface area contributed by atoms with E-state index in [9.17, 15) is 15.0 Å². The Balaban J connectivity index is 1.51. The van der Waals surface area contributed by atoms with Crippen LogP contribution in [0.2, 0.25) is 0 Å². The second-order valence-corrected chi connectivity index (χ2v) is 11.3. The van der Waals surface area contributed by atoms with E-state index in [2.05, 4.69) is 13.0 Å². The van der Waals surface area contributed by atoms with Crippen molar-refractivity contribution in [2.45, 2.75) is 147 Å². The Morgan fingerprint density at radius 2 is 1.54 bits per heavy atom. The molecule has 3 aliphatic rings. The van der Waals surface area contributed by atoms with E-state index in [0.717, 1.165) is 44.9 Å². The minimum Gasteiger partial charge on any atom is -0.477 e. The van der Waals surface area contributed by atoms with Crippen LogP contribution in [0.3, 0.4) is 0 Å². The first kappa shape index (κ1) is 30.6. The number of aliphatic hydroxyl groups is 1. The SMILES string of the molecule is CCCCCCCC[C@H]1CC[C@H](O)[C@@H]1CC=CCCC(OC1CCCCO1)(OC1CCCCO1)C(=O)O. The predicted octanol–water partition coefficient (Wildman–Crippen LogP) is 6.72. The fourth-order valence-electron chi connectivity index (χ4n) is 6.05. The highest BCUT2D eigenvalue weighted by molar-refractivity contribution is 5.75. The molecule has 2 N–H and O–H groups in total. The van der Waals surface area contributed by atoms with Gasteiger partial charge >= 0.3 is 5.97 Å². The van der Waals surface area contributed by atoms with Crippen molar-refractivity contribution in [1.29, 1.82) is 0 Å². The standard InChI is InChI=1S/C30H52O7/c1-2-3-4-5-6-8-15-24-19-20-26(31)25(24)16-9-7-12-21-30(29(32)33,36-27-17-10-13-22-34-27)37-28-18-11-14-23-35-28/h7,9,24-28,31H,2-6,8,10-23H2,1H3,(H,32,33)/t24-,25+,26-,27?,28?,30?/m0/s1. The van der Waals surface area contributed by atoms with Gasteiger partial charge in [0.15, 0.2) is 12.6 Å². The average molecular weight is 525 g/mol. The molecule has 2 unspecified atom stereocenters. The molecule has 3 fully saturated rings. The summed E-state index contributed by atoms with van der Waals surface area (Å²) >= 11 is 0. The number of carbonyl (C=O) groups is 1. The summed E-state index contributed by atoms with van der Waals surface area (Å²) in [7, 11) is 0. The first-order valence-electron chi connectivity index (χ1n) is 15.2. The molecular weight excluding hydrogens is 472 g/mol. The molecule has 1 aliphatic carbocycles. The van der Waals surface area contributed by atoms with Crippen LogP contribution in [-0.2, 0) is 23.7 Å². The first-order chi connectivity index (χ1) is 18.0. The number of aliphatic carboxylic acids is 1. The minimum atomic E-state index is -1.79. The molecule has 0 aromatic rings. The van der Waals surface area contributed by atoms with Crippen LogP contribution in [-0.4, -0.2) is 53.9 Å². The molecule has 2 aliphatic heterocycles. The maximum atomic E-state index is 12.5. The highest BCUT2D eigenvalue weighted by atomic mass is 16.8. The number of hydrogen-bond donors (Lipinski definition) is 2. The zero-order chi connectivity index (χ0) is 26.3. The fraction of sp³-hybridized carbons (Fsp3) is 0.900. The second-order valence-electron chi connectivity index (χ2n) is 11.3. The molecule has 37 heavy (non-hydrogen) atoms. The summed E-state index contributed by atoms with van der Waals surface area (Å²) in [4.78, 5) is 12.5. The summed E-state index contributed by atoms with van der Waals surface area (Å²) in [5.74, 6) is -2.03. The molecule has 2 saturated heterocycles. The summed E-state index contributed by atoms with van der Waals surface area (Å²) in [6.45, 7) is 3.39. The van der Waals surface area contributed by atoms with Gasteiger partial charge in [0.2, 0.25) is 0 Å². The smallest absolute Gasteiger partial charge is 0.364 e. The van der Waals surface area contributed by atoms with Gasteiger partial charge in [0.05, 0.1) is 6.10 Å². The number of rotatable bonds is 17. The van der Waals surface area contributed by atoms with Crippen molar-refractivity contribution in [3.8, 4) is 0 Å². The molecule has 0 bridgehead atoms. The van der Waals surface area contributed by atoms with E-state index in [1.807, 2.05) is 6.08 Å². The van der Waals surface area contributed by atoms with Gasteiger partial charge in [-0.15, -0.1) is 0 Å². The number of allylic oxidation sites excluding steroid dienone is 2. The summed E-state index contributed by atoms with van der Waals surface area (Å²) in [5, 5.41) is 20.8. The molecule has 7 nitrogen and oxygen atoms in total. The second kappa shape index (κ2) is 16.9. The molecule has 0 spiro atoms. The number of aliphatic hydroxyl groups excluding tert-OH is 1. The summed E-state index contributed by atoms with van der Waals surface area (Å²) in [6.07, 6.45) is 20.5. The normalized spacial score (nSPS) is 30.5. The lowest BCUT2D eigenvalue weighted by atomic mass is 9.87. The largest absolute Gasteiger partial charge is 0.477 e. The monoisotopic (exact) mass is 524 g/mol. The quantitative estimate of drug-likeness (QED) is 0.124. The highest BCUT2D eigenvalue weighted by Gasteiger charge is 2.46. The van der Waals surface area contributed by atoms with E-state index >= 15 is 0 Å². The van der Waals surface area contributed by atoms with E-state index in [0.29, 0.717) is 44.3 Å². The average Bonchev–Trinajstić information content (AvgIpc) is 3.25. The Labute approximate surface area is 224 Å². The van der Waals surface area contributed by atoms with E-state index < -0.39 is 24.3 Å². The van der Waals surface area contributed by atoms with Crippen molar-refractivity contribution in [1.82, 2.24) is 0 Å². The molecule has 5 atom stereocenters. The maximum absolute atomic E-state index is 12.5. The Bertz CT molecular complexity index is 634. The Morgan fingerprint density at radius 3 is 2.14 bits per heavy atom. The summed E-state index contributed by atoms with van der Waals surface area (Å²) in [5.41, 5.74) is 0. The third-order valence-corrected chi connectivity index (χ3v) is 8.32. The summed E-state index contributed by atoms with van der Waals surface area (Å²) in [6, 6.07) is 0. The molecule has 2 heterocycles. The van der Waals surface area contributed by atoms with Crippen LogP contribution in [0.25, 0.3) is 0 Å². The number of unbranched alkanes of at least 4 members (excludes halogenated alkanes) is 5. The van der Waals surface area contributed by atoms with Gasteiger partial charge in [0.25, 0.3) is 5.79 Å². The van der Waals surface area contributed by atoms with Gasteiger partial charge in [-0.2, -0.15) is 0 Å². The van der Waals surface area contributed by atoms with Gasteiger partial charge < -0.3 is 29.2 Å². The van der Waals surface area contributed by atoms with E-state index in [-0.39, 0.29) is 12.5 Å². The molecule has 214 valence electrons. The lowest BCUT2D eigenvalue weighted by Gasteiger charge is -2.37. The highest BCUT2D eigenvalue weighted by Crippen LogP contribution is 2.38. The molecule has 0 amide bonds. The van der Waals surface area contributed by atoms with Gasteiger partial charge in [-0.05, 0) is 76.0 Å². The van der Waals surface area contributed by atoms with Gasteiger partial charge in [0.1, 0.15) is 0 Å². The van der Waals surface area contributed by atoms with Crippen LogP contribution in [0.5, 0.6) is 0 Å². The molecule has 3 rings (SSSR count). The Morgan fingerprint density at radius 1 is 0.892 bits per heavy atom. The van der Waals surface area contributed by atoms with E-state index in [1.54, 1.807) is 0 Å². The van der Waals surface area contributed by atoms with Gasteiger partial charge in [-0.25, -0.2) is 4.79 Å². The third kappa shape index (κ3) is 10.2. The number of ether oxygens (including phenoxy) is 4. The van der Waals surface area contributed by atoms with Crippen LogP contribution in [0, 0.1) is 11.8 Å². The lowest BCUT2D eigenvalue weighted by Crippen LogP contribution is -2.51. The Hall–Kier alpha value is -0.990. The maximum Gasteiger partial charge on any atom is 0.364 e. The number of carboxylic acid groups (broad SMARTS) is 1. The fourth-order valence-corrected chi connectivity index (χ4v) is 6.05. The van der Waals surface area contributed by atoms with Crippen LogP contribution >= 0.6 is 0 Å². The molecule has 0 aromatic heterocycles. The molecule has 0 radical (unpaired) electrons. The summed E-state index contributed by atoms with van der Waals surface area (Å²) < 4.78 is 23.5. The van der Waals surface area contributed by atoms with Crippen molar-refractivity contribution in [3.63, 3.8) is 0 Å².